The minimum absolute atomic E-state index is 0.0621. The molecule has 0 aliphatic rings. The van der Waals surface area contributed by atoms with Crippen LogP contribution in [0.2, 0.25) is 0 Å². The van der Waals surface area contributed by atoms with Crippen molar-refractivity contribution in [2.24, 2.45) is 0 Å². The average Bonchev–Trinajstić information content (AvgIpc) is 3.30. The molecule has 0 aliphatic heterocycles. The number of carbonyl (C=O) groups is 2. The van der Waals surface area contributed by atoms with Gasteiger partial charge in [0.25, 0.3) is 0 Å². The van der Waals surface area contributed by atoms with Crippen LogP contribution in [0.4, 0.5) is 0 Å². The molecule has 10 nitrogen and oxygen atoms in total. The Morgan fingerprint density at radius 3 is 2.22 bits per heavy atom. The van der Waals surface area contributed by atoms with Gasteiger partial charge in [-0.05, 0) is 61.5 Å². The maximum atomic E-state index is 12.0. The highest BCUT2D eigenvalue weighted by molar-refractivity contribution is 8.04. The number of esters is 1. The first-order valence-corrected chi connectivity index (χ1v) is 11.9. The molecule has 0 saturated carbocycles. The minimum Gasteiger partial charge on any atom is -0.497 e. The van der Waals surface area contributed by atoms with E-state index in [4.69, 9.17) is 18.9 Å². The van der Waals surface area contributed by atoms with E-state index in [2.05, 4.69) is 10.2 Å². The summed E-state index contributed by atoms with van der Waals surface area (Å²) in [5.74, 6) is 0.671. The van der Waals surface area contributed by atoms with E-state index < -0.39 is 11.9 Å². The number of aliphatic carboxylic acids is 1. The lowest BCUT2D eigenvalue weighted by Crippen LogP contribution is -2.14. The van der Waals surface area contributed by atoms with Gasteiger partial charge in [-0.15, -0.1) is 10.2 Å². The molecular formula is C25H27N3O7S. The van der Waals surface area contributed by atoms with Crippen molar-refractivity contribution in [1.82, 2.24) is 14.8 Å². The van der Waals surface area contributed by atoms with E-state index in [1.165, 1.54) is 6.08 Å². The van der Waals surface area contributed by atoms with E-state index in [-0.39, 0.29) is 18.1 Å². The lowest BCUT2D eigenvalue weighted by molar-refractivity contribution is -0.145. The molecule has 1 aromatic heterocycles. The lowest BCUT2D eigenvalue weighted by atomic mass is 10.2. The molecule has 0 aliphatic carbocycles. The van der Waals surface area contributed by atoms with Crippen molar-refractivity contribution in [3.8, 4) is 28.6 Å². The maximum Gasteiger partial charge on any atom is 0.344 e. The second-order valence-electron chi connectivity index (χ2n) is 7.23. The normalized spacial score (nSPS) is 11.2. The highest BCUT2D eigenvalue weighted by Gasteiger charge is 2.19. The third-order valence-corrected chi connectivity index (χ3v) is 5.89. The van der Waals surface area contributed by atoms with Crippen LogP contribution in [0.1, 0.15) is 19.4 Å². The molecule has 1 N–H and O–H groups in total. The number of carboxylic acid groups (broad SMARTS) is 1. The third-order valence-electron chi connectivity index (χ3n) is 4.89. The number of hydrogen-bond donors (Lipinski definition) is 1. The summed E-state index contributed by atoms with van der Waals surface area (Å²) in [5, 5.41) is 18.8. The van der Waals surface area contributed by atoms with E-state index in [1.807, 2.05) is 23.6 Å². The van der Waals surface area contributed by atoms with Gasteiger partial charge in [0, 0.05) is 18.2 Å². The van der Waals surface area contributed by atoms with Crippen molar-refractivity contribution < 1.29 is 33.6 Å². The fourth-order valence-electron chi connectivity index (χ4n) is 3.19. The topological polar surface area (TPSA) is 122 Å². The lowest BCUT2D eigenvalue weighted by Gasteiger charge is -2.10. The average molecular weight is 514 g/mol. The minimum atomic E-state index is -1.10. The van der Waals surface area contributed by atoms with E-state index >= 15 is 0 Å². The summed E-state index contributed by atoms with van der Waals surface area (Å²) in [5.41, 5.74) is 1.37. The van der Waals surface area contributed by atoms with Gasteiger partial charge in [0.1, 0.15) is 22.2 Å². The highest BCUT2D eigenvalue weighted by Crippen LogP contribution is 2.33. The molecule has 0 saturated heterocycles. The second kappa shape index (κ2) is 12.6. The quantitative estimate of drug-likeness (QED) is 0.215. The van der Waals surface area contributed by atoms with E-state index in [0.29, 0.717) is 40.3 Å². The van der Waals surface area contributed by atoms with Crippen molar-refractivity contribution in [2.75, 3.05) is 27.4 Å². The molecule has 0 fully saturated rings. The molecular weight excluding hydrogens is 486 g/mol. The maximum absolute atomic E-state index is 12.0. The van der Waals surface area contributed by atoms with Crippen LogP contribution in [-0.4, -0.2) is 59.2 Å². The number of benzene rings is 2. The van der Waals surface area contributed by atoms with Crippen LogP contribution in [0.15, 0.2) is 52.5 Å². The van der Waals surface area contributed by atoms with Crippen molar-refractivity contribution >= 4 is 29.8 Å². The summed E-state index contributed by atoms with van der Waals surface area (Å²) in [4.78, 5) is 23.5. The van der Waals surface area contributed by atoms with Crippen molar-refractivity contribution in [2.45, 2.75) is 25.5 Å². The Bertz CT molecular complexity index is 1220. The van der Waals surface area contributed by atoms with Gasteiger partial charge in [0.05, 0.1) is 20.8 Å². The molecule has 190 valence electrons. The van der Waals surface area contributed by atoms with Crippen LogP contribution in [0.3, 0.4) is 0 Å². The molecule has 2 aromatic carbocycles. The summed E-state index contributed by atoms with van der Waals surface area (Å²) in [6.45, 7) is 4.24. The molecule has 11 heteroatoms. The Hall–Kier alpha value is -3.99. The Morgan fingerprint density at radius 1 is 1.00 bits per heavy atom. The first-order chi connectivity index (χ1) is 17.4. The van der Waals surface area contributed by atoms with Crippen molar-refractivity contribution in [1.29, 1.82) is 0 Å². The summed E-state index contributed by atoms with van der Waals surface area (Å²) < 4.78 is 22.7. The third kappa shape index (κ3) is 6.79. The van der Waals surface area contributed by atoms with Crippen LogP contribution < -0.4 is 14.2 Å². The van der Waals surface area contributed by atoms with Gasteiger partial charge in [-0.2, -0.15) is 0 Å². The molecule has 1 heterocycles. The Labute approximate surface area is 212 Å². The van der Waals surface area contributed by atoms with E-state index in [1.54, 1.807) is 51.5 Å². The van der Waals surface area contributed by atoms with Gasteiger partial charge in [0.15, 0.2) is 17.6 Å². The molecule has 0 atom stereocenters. The Balaban J connectivity index is 1.83. The molecule has 36 heavy (non-hydrogen) atoms. The van der Waals surface area contributed by atoms with Crippen LogP contribution >= 0.6 is 11.8 Å². The Kier molecular flexibility index (Phi) is 9.34. The van der Waals surface area contributed by atoms with Gasteiger partial charge in [-0.1, -0.05) is 12.1 Å². The number of thioether (sulfide) groups is 1. The fourth-order valence-corrected chi connectivity index (χ4v) is 4.08. The van der Waals surface area contributed by atoms with Crippen LogP contribution in [0.5, 0.6) is 17.2 Å². The molecule has 0 unspecified atom stereocenters. The van der Waals surface area contributed by atoms with Crippen LogP contribution in [0.25, 0.3) is 17.5 Å². The van der Waals surface area contributed by atoms with Crippen LogP contribution in [-0.2, 0) is 20.9 Å². The SMILES string of the molecule is CCOC(=O)COc1ccc(/C=C(\Sc2nnc(-c3cc(OC)cc(OC)c3)n2CC)C(=O)O)cc1. The zero-order chi connectivity index (χ0) is 26.1. The monoisotopic (exact) mass is 513 g/mol. The van der Waals surface area contributed by atoms with Crippen LogP contribution in [0, 0.1) is 0 Å². The number of aromatic nitrogens is 3. The first-order valence-electron chi connectivity index (χ1n) is 11.1. The molecule has 3 aromatic rings. The number of nitrogens with zero attached hydrogens (tertiary/aromatic N) is 3. The standard InChI is InChI=1S/C25H27N3O7S/c1-5-28-23(17-12-19(32-3)14-20(13-17)33-4)26-27-25(28)36-21(24(30)31)11-16-7-9-18(10-8-16)35-15-22(29)34-6-2/h7-14H,5-6,15H2,1-4H3,(H,30,31)/b21-11-. The van der Waals surface area contributed by atoms with Gasteiger partial charge in [0.2, 0.25) is 0 Å². The van der Waals surface area contributed by atoms with E-state index in [0.717, 1.165) is 17.3 Å². The fraction of sp³-hybridized carbons (Fsp3) is 0.280. The number of methoxy groups -OCH3 is 2. The second-order valence-corrected chi connectivity index (χ2v) is 8.24. The molecule has 0 bridgehead atoms. The Morgan fingerprint density at radius 2 is 1.67 bits per heavy atom. The predicted octanol–water partition coefficient (Wildman–Crippen LogP) is 4.14. The predicted molar refractivity (Wildman–Crippen MR) is 134 cm³/mol. The van der Waals surface area contributed by atoms with Crippen molar-refractivity contribution in [3.05, 3.63) is 52.9 Å². The molecule has 0 radical (unpaired) electrons. The summed E-state index contributed by atoms with van der Waals surface area (Å²) in [6, 6.07) is 12.1. The molecule has 0 amide bonds. The van der Waals surface area contributed by atoms with Gasteiger partial charge < -0.3 is 28.6 Å². The zero-order valence-corrected chi connectivity index (χ0v) is 21.2. The smallest absolute Gasteiger partial charge is 0.344 e. The number of carboxylic acids is 1. The zero-order valence-electron chi connectivity index (χ0n) is 20.4. The highest BCUT2D eigenvalue weighted by atomic mass is 32.2. The van der Waals surface area contributed by atoms with Gasteiger partial charge in [-0.25, -0.2) is 9.59 Å². The van der Waals surface area contributed by atoms with E-state index in [9.17, 15) is 14.7 Å². The molecule has 3 rings (SSSR count). The number of hydrogen-bond acceptors (Lipinski definition) is 9. The number of rotatable bonds is 12. The largest absolute Gasteiger partial charge is 0.497 e. The summed E-state index contributed by atoms with van der Waals surface area (Å²) in [7, 11) is 3.13. The molecule has 0 spiro atoms. The summed E-state index contributed by atoms with van der Waals surface area (Å²) in [6.07, 6.45) is 1.53. The first kappa shape index (κ1) is 26.6. The van der Waals surface area contributed by atoms with Gasteiger partial charge in [-0.3, -0.25) is 0 Å². The number of carbonyl (C=O) groups excluding carboxylic acids is 1. The van der Waals surface area contributed by atoms with Crippen molar-refractivity contribution in [3.63, 3.8) is 0 Å². The number of ether oxygens (including phenoxy) is 4. The summed E-state index contributed by atoms with van der Waals surface area (Å²) >= 11 is 0.998. The van der Waals surface area contributed by atoms with Gasteiger partial charge >= 0.3 is 11.9 Å².